The van der Waals surface area contributed by atoms with E-state index in [1.165, 1.54) is 5.56 Å². The Morgan fingerprint density at radius 1 is 1.19 bits per heavy atom. The lowest BCUT2D eigenvalue weighted by Crippen LogP contribution is -2.58. The Kier molecular flexibility index (Phi) is 5.20. The first kappa shape index (κ1) is 17.8. The van der Waals surface area contributed by atoms with Crippen LogP contribution in [0.5, 0.6) is 5.75 Å². The molecule has 26 heavy (non-hydrogen) atoms. The van der Waals surface area contributed by atoms with Crippen LogP contribution in [-0.4, -0.2) is 46.7 Å². The Labute approximate surface area is 159 Å². The summed E-state index contributed by atoms with van der Waals surface area (Å²) in [5.74, 6) is 2.08. The van der Waals surface area contributed by atoms with Crippen LogP contribution in [0.15, 0.2) is 42.5 Å². The molecule has 2 aliphatic heterocycles. The predicted molar refractivity (Wildman–Crippen MR) is 106 cm³/mol. The summed E-state index contributed by atoms with van der Waals surface area (Å²) in [4.78, 5) is 7.04. The number of benzene rings is 1. The fraction of sp³-hybridized carbons (Fsp3) is 0.476. The molecule has 138 valence electrons. The number of aromatic nitrogens is 1. The Morgan fingerprint density at radius 2 is 2.04 bits per heavy atom. The minimum Gasteiger partial charge on any atom is -0.496 e. The van der Waals surface area contributed by atoms with Crippen molar-refractivity contribution in [3.05, 3.63) is 59.4 Å². The number of methoxy groups -OCH3 is 1. The molecule has 0 N–H and O–H groups in total. The van der Waals surface area contributed by atoms with Gasteiger partial charge in [0.05, 0.1) is 25.5 Å². The second kappa shape index (κ2) is 7.59. The summed E-state index contributed by atoms with van der Waals surface area (Å²) >= 11 is 2.08. The molecule has 4 rings (SSSR count). The number of pyridine rings is 1. The Hall–Kier alpha value is -1.56. The third-order valence-corrected chi connectivity index (χ3v) is 6.77. The van der Waals surface area contributed by atoms with E-state index in [9.17, 15) is 0 Å². The molecular weight excluding hydrogens is 344 g/mol. The van der Waals surface area contributed by atoms with Gasteiger partial charge in [0.1, 0.15) is 5.75 Å². The minimum absolute atomic E-state index is 0.343. The number of para-hydroxylation sites is 1. The third-order valence-electron chi connectivity index (χ3n) is 5.20. The van der Waals surface area contributed by atoms with Crippen LogP contribution >= 0.6 is 11.8 Å². The van der Waals surface area contributed by atoms with Crippen LogP contribution in [0, 0.1) is 6.92 Å². The number of aryl methyl sites for hydroxylation is 1. The van der Waals surface area contributed by atoms with E-state index in [-0.39, 0.29) is 0 Å². The molecule has 1 spiro atoms. The summed E-state index contributed by atoms with van der Waals surface area (Å²) in [6.45, 7) is 5.88. The van der Waals surface area contributed by atoms with Crippen LogP contribution in [0.25, 0.3) is 0 Å². The largest absolute Gasteiger partial charge is 0.496 e. The lowest BCUT2D eigenvalue weighted by Gasteiger charge is -2.47. The zero-order chi connectivity index (χ0) is 18.0. The Bertz CT molecular complexity index is 761. The average Bonchev–Trinajstić information content (AvgIpc) is 3.05. The first-order valence-electron chi connectivity index (χ1n) is 9.18. The number of rotatable bonds is 6. The van der Waals surface area contributed by atoms with E-state index in [1.54, 1.807) is 7.11 Å². The molecule has 5 heteroatoms. The number of nitrogens with zero attached hydrogens (tertiary/aromatic N) is 2. The van der Waals surface area contributed by atoms with Gasteiger partial charge in [0, 0.05) is 41.4 Å². The highest BCUT2D eigenvalue weighted by Gasteiger charge is 2.49. The van der Waals surface area contributed by atoms with Crippen molar-refractivity contribution in [1.29, 1.82) is 0 Å². The fourth-order valence-electron chi connectivity index (χ4n) is 3.97. The van der Waals surface area contributed by atoms with Crippen LogP contribution in [0.3, 0.4) is 0 Å². The molecule has 2 saturated heterocycles. The first-order valence-corrected chi connectivity index (χ1v) is 10.2. The molecule has 4 nitrogen and oxygen atoms in total. The van der Waals surface area contributed by atoms with Gasteiger partial charge in [0.2, 0.25) is 0 Å². The summed E-state index contributed by atoms with van der Waals surface area (Å²) in [6, 6.07) is 14.4. The van der Waals surface area contributed by atoms with E-state index in [2.05, 4.69) is 33.8 Å². The second-order valence-electron chi connectivity index (χ2n) is 7.36. The van der Waals surface area contributed by atoms with Crippen molar-refractivity contribution in [2.45, 2.75) is 37.3 Å². The number of hydrogen-bond acceptors (Lipinski definition) is 5. The van der Waals surface area contributed by atoms with E-state index < -0.39 is 0 Å². The molecule has 2 aliphatic rings. The van der Waals surface area contributed by atoms with Gasteiger partial charge < -0.3 is 9.47 Å². The molecule has 1 aromatic heterocycles. The van der Waals surface area contributed by atoms with Crippen molar-refractivity contribution in [2.75, 3.05) is 26.0 Å². The highest BCUT2D eigenvalue weighted by molar-refractivity contribution is 8.01. The molecule has 2 aromatic rings. The van der Waals surface area contributed by atoms with Crippen LogP contribution in [0.1, 0.15) is 23.4 Å². The molecule has 3 heterocycles. The number of ether oxygens (including phenoxy) is 2. The molecule has 1 atom stereocenters. The van der Waals surface area contributed by atoms with Crippen molar-refractivity contribution >= 4 is 11.8 Å². The summed E-state index contributed by atoms with van der Waals surface area (Å²) in [7, 11) is 1.74. The molecule has 1 aromatic carbocycles. The Balaban J connectivity index is 1.26. The number of thioether (sulfide) groups is 1. The van der Waals surface area contributed by atoms with Gasteiger partial charge in [-0.05, 0) is 31.5 Å². The maximum absolute atomic E-state index is 6.14. The van der Waals surface area contributed by atoms with Crippen molar-refractivity contribution in [2.24, 2.45) is 0 Å². The normalized spacial score (nSPS) is 21.7. The van der Waals surface area contributed by atoms with Crippen LogP contribution in [-0.2, 0) is 17.9 Å². The summed E-state index contributed by atoms with van der Waals surface area (Å²) in [5.41, 5.74) is 3.35. The van der Waals surface area contributed by atoms with Crippen molar-refractivity contribution in [1.82, 2.24) is 9.88 Å². The molecule has 0 amide bonds. The molecular formula is C21H26N2O2S. The van der Waals surface area contributed by atoms with E-state index in [0.717, 1.165) is 48.9 Å². The van der Waals surface area contributed by atoms with E-state index in [1.807, 2.05) is 37.3 Å². The van der Waals surface area contributed by atoms with E-state index in [4.69, 9.17) is 9.47 Å². The SMILES string of the molecule is COc1ccccc1CN1CC2(C[C@H](OCc3cccc(C)n3)CS2)C1. The van der Waals surface area contributed by atoms with Gasteiger partial charge in [0.15, 0.2) is 0 Å². The highest BCUT2D eigenvalue weighted by Crippen LogP contribution is 2.46. The summed E-state index contributed by atoms with van der Waals surface area (Å²) < 4.78 is 12.0. The standard InChI is InChI=1S/C21H26N2O2S/c1-16-6-5-8-18(22-16)12-25-19-10-21(26-13-19)14-23(15-21)11-17-7-3-4-9-20(17)24-2/h3-9,19H,10-15H2,1-2H3/t19-/m0/s1. The fourth-order valence-corrected chi connectivity index (χ4v) is 5.57. The lowest BCUT2D eigenvalue weighted by atomic mass is 9.92. The highest BCUT2D eigenvalue weighted by atomic mass is 32.2. The van der Waals surface area contributed by atoms with Gasteiger partial charge >= 0.3 is 0 Å². The quantitative estimate of drug-likeness (QED) is 0.775. The lowest BCUT2D eigenvalue weighted by molar-refractivity contribution is 0.0249. The zero-order valence-electron chi connectivity index (χ0n) is 15.5. The molecule has 0 unspecified atom stereocenters. The maximum atomic E-state index is 6.14. The van der Waals surface area contributed by atoms with Gasteiger partial charge in [-0.2, -0.15) is 0 Å². The summed E-state index contributed by atoms with van der Waals surface area (Å²) in [6.07, 6.45) is 1.49. The van der Waals surface area contributed by atoms with Gasteiger partial charge in [-0.25, -0.2) is 0 Å². The van der Waals surface area contributed by atoms with Crippen molar-refractivity contribution < 1.29 is 9.47 Å². The molecule has 0 saturated carbocycles. The van der Waals surface area contributed by atoms with Gasteiger partial charge in [-0.15, -0.1) is 11.8 Å². The second-order valence-corrected chi connectivity index (χ2v) is 8.85. The van der Waals surface area contributed by atoms with Crippen molar-refractivity contribution in [3.8, 4) is 5.75 Å². The molecule has 2 fully saturated rings. The molecule has 0 bridgehead atoms. The van der Waals surface area contributed by atoms with E-state index in [0.29, 0.717) is 17.5 Å². The van der Waals surface area contributed by atoms with Crippen LogP contribution in [0.4, 0.5) is 0 Å². The van der Waals surface area contributed by atoms with Crippen LogP contribution in [0.2, 0.25) is 0 Å². The van der Waals surface area contributed by atoms with Gasteiger partial charge in [-0.3, -0.25) is 9.88 Å². The minimum atomic E-state index is 0.343. The van der Waals surface area contributed by atoms with Crippen LogP contribution < -0.4 is 4.74 Å². The number of likely N-dealkylation sites (tertiary alicyclic amines) is 1. The van der Waals surface area contributed by atoms with Gasteiger partial charge in [0.25, 0.3) is 0 Å². The smallest absolute Gasteiger partial charge is 0.123 e. The monoisotopic (exact) mass is 370 g/mol. The predicted octanol–water partition coefficient (Wildman–Crippen LogP) is 3.68. The third kappa shape index (κ3) is 3.90. The molecule has 0 radical (unpaired) electrons. The topological polar surface area (TPSA) is 34.6 Å². The average molecular weight is 371 g/mol. The first-order chi connectivity index (χ1) is 12.7. The number of hydrogen-bond donors (Lipinski definition) is 0. The van der Waals surface area contributed by atoms with Gasteiger partial charge in [-0.1, -0.05) is 24.3 Å². The zero-order valence-corrected chi connectivity index (χ0v) is 16.3. The maximum Gasteiger partial charge on any atom is 0.123 e. The summed E-state index contributed by atoms with van der Waals surface area (Å²) in [5, 5.41) is 0. The molecule has 0 aliphatic carbocycles. The van der Waals surface area contributed by atoms with E-state index >= 15 is 0 Å². The van der Waals surface area contributed by atoms with Crippen molar-refractivity contribution in [3.63, 3.8) is 0 Å². The Morgan fingerprint density at radius 3 is 2.85 bits per heavy atom.